The molecule has 1 aliphatic rings. The van der Waals surface area contributed by atoms with E-state index in [1.54, 1.807) is 0 Å². The van der Waals surface area contributed by atoms with Crippen molar-refractivity contribution in [2.75, 3.05) is 13.7 Å². The SMILES string of the molecule is COC(=O)C[NH+](Cc1cccn1Cc1ccccc1)C1CC1. The quantitative estimate of drug-likeness (QED) is 0.781. The van der Waals surface area contributed by atoms with Crippen LogP contribution in [0.5, 0.6) is 0 Å². The van der Waals surface area contributed by atoms with Crippen molar-refractivity contribution in [1.82, 2.24) is 4.57 Å². The Morgan fingerprint density at radius 3 is 2.68 bits per heavy atom. The number of hydrogen-bond acceptors (Lipinski definition) is 2. The topological polar surface area (TPSA) is 35.7 Å². The normalized spacial score (nSPS) is 15.5. The van der Waals surface area contributed by atoms with Gasteiger partial charge in [0.25, 0.3) is 0 Å². The summed E-state index contributed by atoms with van der Waals surface area (Å²) < 4.78 is 7.11. The van der Waals surface area contributed by atoms with Gasteiger partial charge in [0.05, 0.1) is 18.8 Å². The number of methoxy groups -OCH3 is 1. The summed E-state index contributed by atoms with van der Waals surface area (Å²) in [5, 5.41) is 0. The van der Waals surface area contributed by atoms with Crippen LogP contribution < -0.4 is 4.90 Å². The first-order chi connectivity index (χ1) is 10.8. The van der Waals surface area contributed by atoms with Gasteiger partial charge in [-0.1, -0.05) is 30.3 Å². The summed E-state index contributed by atoms with van der Waals surface area (Å²) in [7, 11) is 1.46. The molecule has 0 aliphatic heterocycles. The van der Waals surface area contributed by atoms with Crippen LogP contribution in [0.2, 0.25) is 0 Å². The molecule has 1 atom stereocenters. The lowest BCUT2D eigenvalue weighted by molar-refractivity contribution is -0.918. The van der Waals surface area contributed by atoms with Crippen LogP contribution in [0.15, 0.2) is 48.7 Å². The maximum absolute atomic E-state index is 11.6. The molecule has 0 saturated heterocycles. The average Bonchev–Trinajstić information content (AvgIpc) is 3.30. The van der Waals surface area contributed by atoms with Gasteiger partial charge in [0.1, 0.15) is 6.54 Å². The number of benzene rings is 1. The third-order valence-corrected chi connectivity index (χ3v) is 4.28. The molecule has 0 spiro atoms. The molecule has 116 valence electrons. The van der Waals surface area contributed by atoms with E-state index in [-0.39, 0.29) is 5.97 Å². The highest BCUT2D eigenvalue weighted by atomic mass is 16.5. The third-order valence-electron chi connectivity index (χ3n) is 4.28. The summed E-state index contributed by atoms with van der Waals surface area (Å²) in [5.74, 6) is -0.122. The Morgan fingerprint density at radius 1 is 1.23 bits per heavy atom. The Hall–Kier alpha value is -2.07. The first-order valence-corrected chi connectivity index (χ1v) is 7.85. The van der Waals surface area contributed by atoms with Crippen LogP contribution >= 0.6 is 0 Å². The molecular weight excluding hydrogens is 276 g/mol. The first-order valence-electron chi connectivity index (χ1n) is 7.85. The van der Waals surface area contributed by atoms with Crippen molar-refractivity contribution in [2.24, 2.45) is 0 Å². The minimum Gasteiger partial charge on any atom is -0.465 e. The van der Waals surface area contributed by atoms with E-state index in [1.807, 2.05) is 6.07 Å². The number of ether oxygens (including phenoxy) is 1. The Bertz CT molecular complexity index is 617. The van der Waals surface area contributed by atoms with Crippen molar-refractivity contribution in [3.05, 3.63) is 59.9 Å². The van der Waals surface area contributed by atoms with Gasteiger partial charge < -0.3 is 14.2 Å². The van der Waals surface area contributed by atoms with Crippen molar-refractivity contribution in [3.8, 4) is 0 Å². The molecule has 0 amide bonds. The number of hydrogen-bond donors (Lipinski definition) is 1. The minimum absolute atomic E-state index is 0.122. The summed E-state index contributed by atoms with van der Waals surface area (Å²) in [4.78, 5) is 12.9. The lowest BCUT2D eigenvalue weighted by atomic mass is 10.2. The monoisotopic (exact) mass is 299 g/mol. The number of esters is 1. The van der Waals surface area contributed by atoms with E-state index in [4.69, 9.17) is 4.74 Å². The fourth-order valence-corrected chi connectivity index (χ4v) is 2.88. The van der Waals surface area contributed by atoms with Gasteiger partial charge in [-0.05, 0) is 17.7 Å². The van der Waals surface area contributed by atoms with Gasteiger partial charge in [-0.15, -0.1) is 0 Å². The number of rotatable bonds is 7. The molecule has 22 heavy (non-hydrogen) atoms. The van der Waals surface area contributed by atoms with Gasteiger partial charge in [-0.25, -0.2) is 4.79 Å². The molecule has 0 radical (unpaired) electrons. The molecule has 3 rings (SSSR count). The largest absolute Gasteiger partial charge is 0.465 e. The Labute approximate surface area is 131 Å². The zero-order valence-electron chi connectivity index (χ0n) is 13.0. The molecule has 1 heterocycles. The van der Waals surface area contributed by atoms with Crippen molar-refractivity contribution >= 4 is 5.97 Å². The molecular formula is C18H23N2O2+. The highest BCUT2D eigenvalue weighted by molar-refractivity contribution is 5.70. The molecule has 4 heteroatoms. The van der Waals surface area contributed by atoms with Gasteiger partial charge >= 0.3 is 5.97 Å². The standard InChI is InChI=1S/C18H22N2O2/c1-22-18(21)14-20(16-9-10-16)13-17-8-5-11-19(17)12-15-6-3-2-4-7-15/h2-8,11,16H,9-10,12-14H2,1H3/p+1. The van der Waals surface area contributed by atoms with E-state index >= 15 is 0 Å². The molecule has 1 aromatic heterocycles. The Kier molecular flexibility index (Phi) is 4.59. The van der Waals surface area contributed by atoms with Gasteiger partial charge in [0.15, 0.2) is 6.54 Å². The number of quaternary nitrogens is 1. The Balaban J connectivity index is 1.69. The number of nitrogens with zero attached hydrogens (tertiary/aromatic N) is 1. The highest BCUT2D eigenvalue weighted by Gasteiger charge is 2.35. The van der Waals surface area contributed by atoms with E-state index in [0.29, 0.717) is 12.6 Å². The van der Waals surface area contributed by atoms with E-state index in [2.05, 4.69) is 47.2 Å². The van der Waals surface area contributed by atoms with Crippen LogP contribution in [0.3, 0.4) is 0 Å². The molecule has 4 nitrogen and oxygen atoms in total. The van der Waals surface area contributed by atoms with Crippen molar-refractivity contribution in [3.63, 3.8) is 0 Å². The summed E-state index contributed by atoms with van der Waals surface area (Å²) in [5.41, 5.74) is 2.57. The molecule has 1 aliphatic carbocycles. The molecule has 1 saturated carbocycles. The smallest absolute Gasteiger partial charge is 0.361 e. The second-order valence-electron chi connectivity index (χ2n) is 5.98. The van der Waals surface area contributed by atoms with Crippen LogP contribution in [0.25, 0.3) is 0 Å². The maximum atomic E-state index is 11.6. The average molecular weight is 299 g/mol. The second-order valence-corrected chi connectivity index (χ2v) is 5.98. The van der Waals surface area contributed by atoms with Crippen LogP contribution in [0.1, 0.15) is 24.1 Å². The van der Waals surface area contributed by atoms with Crippen LogP contribution in [-0.2, 0) is 22.6 Å². The van der Waals surface area contributed by atoms with Gasteiger partial charge in [0, 0.05) is 25.6 Å². The van der Waals surface area contributed by atoms with Crippen LogP contribution in [0, 0.1) is 0 Å². The lowest BCUT2D eigenvalue weighted by Gasteiger charge is -2.19. The van der Waals surface area contributed by atoms with Crippen molar-refractivity contribution in [1.29, 1.82) is 0 Å². The first kappa shape index (κ1) is 14.9. The third kappa shape index (κ3) is 3.77. The number of carbonyl (C=O) groups is 1. The fraction of sp³-hybridized carbons (Fsp3) is 0.389. The molecule has 2 aromatic rings. The zero-order valence-corrected chi connectivity index (χ0v) is 13.0. The van der Waals surface area contributed by atoms with Gasteiger partial charge in [-0.3, -0.25) is 0 Å². The van der Waals surface area contributed by atoms with E-state index in [9.17, 15) is 4.79 Å². The van der Waals surface area contributed by atoms with E-state index < -0.39 is 0 Å². The van der Waals surface area contributed by atoms with E-state index in [1.165, 1.54) is 36.1 Å². The summed E-state index contributed by atoms with van der Waals surface area (Å²) >= 11 is 0. The van der Waals surface area contributed by atoms with Crippen molar-refractivity contribution < 1.29 is 14.4 Å². The van der Waals surface area contributed by atoms with Crippen LogP contribution in [-0.4, -0.2) is 30.2 Å². The molecule has 1 aromatic carbocycles. The van der Waals surface area contributed by atoms with E-state index in [0.717, 1.165) is 13.1 Å². The second kappa shape index (κ2) is 6.79. The summed E-state index contributed by atoms with van der Waals surface area (Å²) in [6, 6.07) is 15.3. The lowest BCUT2D eigenvalue weighted by Crippen LogP contribution is -3.13. The molecule has 1 unspecified atom stereocenters. The minimum atomic E-state index is -0.122. The summed E-state index contributed by atoms with van der Waals surface area (Å²) in [6.07, 6.45) is 4.54. The fourth-order valence-electron chi connectivity index (χ4n) is 2.88. The number of aromatic nitrogens is 1. The number of nitrogens with one attached hydrogen (secondary N) is 1. The maximum Gasteiger partial charge on any atom is 0.361 e. The molecule has 1 fully saturated rings. The molecule has 0 bridgehead atoms. The number of carbonyl (C=O) groups excluding carboxylic acids is 1. The van der Waals surface area contributed by atoms with Crippen molar-refractivity contribution in [2.45, 2.75) is 32.0 Å². The molecule has 1 N–H and O–H groups in total. The Morgan fingerprint density at radius 2 is 2.00 bits per heavy atom. The van der Waals surface area contributed by atoms with Crippen LogP contribution in [0.4, 0.5) is 0 Å². The highest BCUT2D eigenvalue weighted by Crippen LogP contribution is 2.16. The zero-order chi connectivity index (χ0) is 15.4. The predicted octanol–water partition coefficient (Wildman–Crippen LogP) is 1.26. The van der Waals surface area contributed by atoms with Gasteiger partial charge in [-0.2, -0.15) is 0 Å². The summed E-state index contributed by atoms with van der Waals surface area (Å²) in [6.45, 7) is 2.20. The predicted molar refractivity (Wildman–Crippen MR) is 84.5 cm³/mol. The van der Waals surface area contributed by atoms with Gasteiger partial charge in [0.2, 0.25) is 0 Å².